The van der Waals surface area contributed by atoms with Gasteiger partial charge in [0.1, 0.15) is 0 Å². The summed E-state index contributed by atoms with van der Waals surface area (Å²) in [7, 11) is 1.84. The first-order valence-electron chi connectivity index (χ1n) is 7.47. The first-order chi connectivity index (χ1) is 10.2. The molecule has 2 rings (SSSR count). The molecule has 4 nitrogen and oxygen atoms in total. The third-order valence-electron chi connectivity index (χ3n) is 3.66. The van der Waals surface area contributed by atoms with Gasteiger partial charge in [-0.25, -0.2) is 4.79 Å². The summed E-state index contributed by atoms with van der Waals surface area (Å²) in [5, 5.41) is 5.13. The Bertz CT molecular complexity index is 523. The maximum Gasteiger partial charge on any atom is 0.317 e. The van der Waals surface area contributed by atoms with Crippen LogP contribution in [0.15, 0.2) is 11.4 Å². The maximum atomic E-state index is 12.2. The summed E-state index contributed by atoms with van der Waals surface area (Å²) in [6.07, 6.45) is 5.96. The quantitative estimate of drug-likeness (QED) is 0.843. The van der Waals surface area contributed by atoms with E-state index in [0.717, 1.165) is 23.3 Å². The summed E-state index contributed by atoms with van der Waals surface area (Å²) < 4.78 is 0. The number of thiophene rings is 1. The average Bonchev–Trinajstić information content (AvgIpc) is 2.93. The summed E-state index contributed by atoms with van der Waals surface area (Å²) in [6, 6.07) is 2.39. The molecule has 0 aromatic carbocycles. The molecule has 0 spiro atoms. The molecule has 5 heteroatoms. The lowest BCUT2D eigenvalue weighted by molar-refractivity contribution is 0.199. The van der Waals surface area contributed by atoms with Crippen molar-refractivity contribution in [3.63, 3.8) is 0 Å². The Morgan fingerprint density at radius 2 is 2.24 bits per heavy atom. The number of nitrogens with two attached hydrogens (primary N) is 1. The highest BCUT2D eigenvalue weighted by Crippen LogP contribution is 2.18. The predicted octanol–water partition coefficient (Wildman–Crippen LogP) is 2.53. The molecule has 1 aromatic rings. The van der Waals surface area contributed by atoms with E-state index >= 15 is 0 Å². The Hall–Kier alpha value is -1.51. The van der Waals surface area contributed by atoms with E-state index < -0.39 is 0 Å². The van der Waals surface area contributed by atoms with E-state index in [4.69, 9.17) is 5.73 Å². The topological polar surface area (TPSA) is 58.4 Å². The van der Waals surface area contributed by atoms with Crippen LogP contribution in [0.1, 0.15) is 42.5 Å². The molecule has 0 unspecified atom stereocenters. The van der Waals surface area contributed by atoms with Gasteiger partial charge in [-0.1, -0.05) is 31.1 Å². The van der Waals surface area contributed by atoms with Gasteiger partial charge in [0, 0.05) is 28.9 Å². The van der Waals surface area contributed by atoms with Gasteiger partial charge in [-0.05, 0) is 18.9 Å². The molecule has 21 heavy (non-hydrogen) atoms. The SMILES string of the molecule is CN(Cc1cc(C#CCN)cs1)C(=O)NC1CCCCC1. The third-order valence-corrected chi connectivity index (χ3v) is 4.58. The molecule has 0 bridgehead atoms. The highest BCUT2D eigenvalue weighted by Gasteiger charge is 2.18. The zero-order chi connectivity index (χ0) is 15.1. The highest BCUT2D eigenvalue weighted by atomic mass is 32.1. The van der Waals surface area contributed by atoms with Gasteiger partial charge in [0.15, 0.2) is 0 Å². The average molecular weight is 305 g/mol. The van der Waals surface area contributed by atoms with Crippen LogP contribution in [0.2, 0.25) is 0 Å². The van der Waals surface area contributed by atoms with E-state index in [1.807, 2.05) is 18.5 Å². The van der Waals surface area contributed by atoms with E-state index in [1.54, 1.807) is 16.2 Å². The lowest BCUT2D eigenvalue weighted by Gasteiger charge is -2.26. The molecule has 1 saturated carbocycles. The summed E-state index contributed by atoms with van der Waals surface area (Å²) >= 11 is 1.63. The van der Waals surface area contributed by atoms with Crippen LogP contribution < -0.4 is 11.1 Å². The maximum absolute atomic E-state index is 12.2. The van der Waals surface area contributed by atoms with E-state index in [1.165, 1.54) is 19.3 Å². The van der Waals surface area contributed by atoms with Gasteiger partial charge >= 0.3 is 6.03 Å². The Balaban J connectivity index is 1.83. The molecular weight excluding hydrogens is 282 g/mol. The number of nitrogens with zero attached hydrogens (tertiary/aromatic N) is 1. The summed E-state index contributed by atoms with van der Waals surface area (Å²) in [6.45, 7) is 0.988. The van der Waals surface area contributed by atoms with Crippen LogP contribution in [0, 0.1) is 11.8 Å². The standard InChI is InChI=1S/C16H23N3OS/c1-19(16(20)18-14-7-3-2-4-8-14)11-15-10-13(12-21-15)6-5-9-17/h10,12,14H,2-4,7-9,11,17H2,1H3,(H,18,20). The molecular formula is C16H23N3OS. The molecule has 2 amide bonds. The molecule has 1 heterocycles. The molecule has 1 fully saturated rings. The van der Waals surface area contributed by atoms with Gasteiger partial charge in [-0.2, -0.15) is 0 Å². The summed E-state index contributed by atoms with van der Waals surface area (Å²) in [5.74, 6) is 5.85. The van der Waals surface area contributed by atoms with Crippen molar-refractivity contribution >= 4 is 17.4 Å². The minimum atomic E-state index is 0.0184. The Morgan fingerprint density at radius 1 is 1.48 bits per heavy atom. The molecule has 0 atom stereocenters. The van der Waals surface area contributed by atoms with E-state index in [2.05, 4.69) is 17.2 Å². The minimum Gasteiger partial charge on any atom is -0.335 e. The van der Waals surface area contributed by atoms with Gasteiger partial charge in [0.2, 0.25) is 0 Å². The first-order valence-corrected chi connectivity index (χ1v) is 8.35. The van der Waals surface area contributed by atoms with Crippen LogP contribution in [0.5, 0.6) is 0 Å². The lowest BCUT2D eigenvalue weighted by atomic mass is 9.96. The van der Waals surface area contributed by atoms with Gasteiger partial charge in [0.05, 0.1) is 13.1 Å². The molecule has 0 radical (unpaired) electrons. The van der Waals surface area contributed by atoms with Crippen molar-refractivity contribution < 1.29 is 4.79 Å². The van der Waals surface area contributed by atoms with Gasteiger partial charge in [0.25, 0.3) is 0 Å². The fourth-order valence-corrected chi connectivity index (χ4v) is 3.39. The Kier molecular flexibility index (Phi) is 6.09. The monoisotopic (exact) mass is 305 g/mol. The van der Waals surface area contributed by atoms with Crippen LogP contribution >= 0.6 is 11.3 Å². The lowest BCUT2D eigenvalue weighted by Crippen LogP contribution is -2.43. The van der Waals surface area contributed by atoms with Crippen LogP contribution in [-0.2, 0) is 6.54 Å². The van der Waals surface area contributed by atoms with Crippen LogP contribution in [-0.4, -0.2) is 30.6 Å². The second-order valence-electron chi connectivity index (χ2n) is 5.45. The third kappa shape index (κ3) is 5.07. The molecule has 0 saturated heterocycles. The molecule has 1 aliphatic carbocycles. The zero-order valence-corrected chi connectivity index (χ0v) is 13.3. The smallest absolute Gasteiger partial charge is 0.317 e. The molecule has 114 valence electrons. The molecule has 1 aromatic heterocycles. The van der Waals surface area contributed by atoms with Crippen molar-refractivity contribution in [1.82, 2.24) is 10.2 Å². The number of hydrogen-bond donors (Lipinski definition) is 2. The number of hydrogen-bond acceptors (Lipinski definition) is 3. The summed E-state index contributed by atoms with van der Waals surface area (Å²) in [4.78, 5) is 15.0. The van der Waals surface area contributed by atoms with Crippen molar-refractivity contribution in [3.8, 4) is 11.8 Å². The summed E-state index contributed by atoms with van der Waals surface area (Å²) in [5.41, 5.74) is 6.33. The van der Waals surface area contributed by atoms with Crippen molar-refractivity contribution in [3.05, 3.63) is 21.9 Å². The van der Waals surface area contributed by atoms with Crippen LogP contribution in [0.4, 0.5) is 4.79 Å². The number of carbonyl (C=O) groups is 1. The van der Waals surface area contributed by atoms with E-state index in [9.17, 15) is 4.79 Å². The van der Waals surface area contributed by atoms with Crippen LogP contribution in [0.25, 0.3) is 0 Å². The van der Waals surface area contributed by atoms with Crippen molar-refractivity contribution in [2.45, 2.75) is 44.7 Å². The predicted molar refractivity (Wildman–Crippen MR) is 87.1 cm³/mol. The van der Waals surface area contributed by atoms with Crippen molar-refractivity contribution in [1.29, 1.82) is 0 Å². The second-order valence-corrected chi connectivity index (χ2v) is 6.44. The van der Waals surface area contributed by atoms with Gasteiger partial charge < -0.3 is 16.0 Å². The van der Waals surface area contributed by atoms with Gasteiger partial charge in [-0.15, -0.1) is 11.3 Å². The highest BCUT2D eigenvalue weighted by molar-refractivity contribution is 7.10. The molecule has 1 aliphatic rings. The van der Waals surface area contributed by atoms with Crippen molar-refractivity contribution in [2.75, 3.05) is 13.6 Å². The number of rotatable bonds is 3. The minimum absolute atomic E-state index is 0.0184. The largest absolute Gasteiger partial charge is 0.335 e. The second kappa shape index (κ2) is 8.06. The number of urea groups is 1. The van der Waals surface area contributed by atoms with E-state index in [-0.39, 0.29) is 6.03 Å². The number of nitrogens with one attached hydrogen (secondary N) is 1. The number of amides is 2. The number of carbonyl (C=O) groups excluding carboxylic acids is 1. The Labute approximate surface area is 130 Å². The fourth-order valence-electron chi connectivity index (χ4n) is 2.52. The zero-order valence-electron chi connectivity index (χ0n) is 12.5. The molecule has 3 N–H and O–H groups in total. The van der Waals surface area contributed by atoms with E-state index in [0.29, 0.717) is 19.1 Å². The van der Waals surface area contributed by atoms with Crippen LogP contribution in [0.3, 0.4) is 0 Å². The molecule has 0 aliphatic heterocycles. The Morgan fingerprint density at radius 3 is 2.95 bits per heavy atom. The normalized spacial score (nSPS) is 15.1. The first kappa shape index (κ1) is 15.9. The fraction of sp³-hybridized carbons (Fsp3) is 0.562. The van der Waals surface area contributed by atoms with Gasteiger partial charge in [-0.3, -0.25) is 0 Å². The van der Waals surface area contributed by atoms with Crippen molar-refractivity contribution in [2.24, 2.45) is 5.73 Å².